The van der Waals surface area contributed by atoms with E-state index in [-0.39, 0.29) is 17.3 Å². The van der Waals surface area contributed by atoms with Crippen molar-refractivity contribution >= 4 is 23.6 Å². The minimum atomic E-state index is -0.242. The van der Waals surface area contributed by atoms with Crippen molar-refractivity contribution in [1.82, 2.24) is 15.2 Å². The molecule has 0 saturated heterocycles. The number of nitrogens with one attached hydrogen (secondary N) is 2. The van der Waals surface area contributed by atoms with E-state index in [1.54, 1.807) is 18.5 Å². The highest BCUT2D eigenvalue weighted by molar-refractivity contribution is 6.27. The van der Waals surface area contributed by atoms with Crippen LogP contribution < -0.4 is 5.32 Å². The number of allylic oxidation sites excluding steroid dienone is 6. The lowest BCUT2D eigenvalue weighted by atomic mass is 9.83. The fourth-order valence-electron chi connectivity index (χ4n) is 3.95. The monoisotopic (exact) mass is 404 g/mol. The molecule has 0 unspecified atom stereocenters. The van der Waals surface area contributed by atoms with E-state index in [1.807, 2.05) is 26.0 Å². The Morgan fingerprint density at radius 2 is 1.90 bits per heavy atom. The first-order valence-corrected chi connectivity index (χ1v) is 9.97. The number of aromatic nitrogens is 1. The van der Waals surface area contributed by atoms with Crippen molar-refractivity contribution in [2.75, 3.05) is 34.2 Å². The van der Waals surface area contributed by atoms with Crippen molar-refractivity contribution in [2.45, 2.75) is 12.8 Å². The van der Waals surface area contributed by atoms with Gasteiger partial charge in [0.2, 0.25) is 5.78 Å². The van der Waals surface area contributed by atoms with Crippen LogP contribution in [-0.2, 0) is 11.2 Å². The van der Waals surface area contributed by atoms with Crippen molar-refractivity contribution in [3.05, 3.63) is 69.2 Å². The van der Waals surface area contributed by atoms with E-state index in [0.717, 1.165) is 17.7 Å². The minimum Gasteiger partial charge on any atom is -0.358 e. The summed E-state index contributed by atoms with van der Waals surface area (Å²) in [5.41, 5.74) is 4.26. The Morgan fingerprint density at radius 1 is 1.10 bits per heavy atom. The van der Waals surface area contributed by atoms with E-state index in [9.17, 15) is 14.4 Å². The molecule has 0 amide bonds. The number of carbonyl (C=O) groups excluding carboxylic acids is 3. The normalized spacial score (nSPS) is 18.0. The van der Waals surface area contributed by atoms with Crippen LogP contribution in [0.25, 0.3) is 0 Å². The highest BCUT2D eigenvalue weighted by Crippen LogP contribution is 2.37. The number of likely N-dealkylation sites (N-methyl/N-ethyl adjacent to an activating group) is 1. The summed E-state index contributed by atoms with van der Waals surface area (Å²) in [6.07, 6.45) is 9.17. The molecular weight excluding hydrogens is 380 g/mol. The van der Waals surface area contributed by atoms with Gasteiger partial charge in [-0.05, 0) is 69.9 Å². The number of nitrogens with zero attached hydrogens (tertiary/aromatic N) is 2. The van der Waals surface area contributed by atoms with E-state index in [0.29, 0.717) is 53.1 Å². The zero-order chi connectivity index (χ0) is 21.4. The molecule has 0 spiro atoms. The molecule has 0 fully saturated rings. The molecule has 2 aliphatic carbocycles. The van der Waals surface area contributed by atoms with E-state index in [1.165, 1.54) is 12.2 Å². The molecule has 0 bridgehead atoms. The smallest absolute Gasteiger partial charge is 0.203 e. The maximum Gasteiger partial charge on any atom is 0.203 e. The van der Waals surface area contributed by atoms with Crippen molar-refractivity contribution in [2.24, 2.45) is 4.99 Å². The molecule has 0 saturated carbocycles. The number of H-pyrrole nitrogens is 1. The van der Waals surface area contributed by atoms with Crippen LogP contribution in [0.3, 0.4) is 0 Å². The van der Waals surface area contributed by atoms with E-state index in [4.69, 9.17) is 0 Å². The van der Waals surface area contributed by atoms with Crippen molar-refractivity contribution in [1.29, 1.82) is 0 Å². The zero-order valence-corrected chi connectivity index (χ0v) is 17.3. The first kappa shape index (κ1) is 20.1. The third kappa shape index (κ3) is 3.36. The molecule has 1 aromatic rings. The summed E-state index contributed by atoms with van der Waals surface area (Å²) >= 11 is 0. The molecule has 0 radical (unpaired) electrons. The summed E-state index contributed by atoms with van der Waals surface area (Å²) < 4.78 is 0. The molecule has 2 N–H and O–H groups in total. The van der Waals surface area contributed by atoms with Crippen molar-refractivity contribution in [3.63, 3.8) is 0 Å². The van der Waals surface area contributed by atoms with Gasteiger partial charge in [-0.15, -0.1) is 0 Å². The van der Waals surface area contributed by atoms with E-state index in [2.05, 4.69) is 15.3 Å². The topological polar surface area (TPSA) is 94.6 Å². The van der Waals surface area contributed by atoms with Gasteiger partial charge >= 0.3 is 0 Å². The average molecular weight is 404 g/mol. The minimum absolute atomic E-state index is 0.118. The summed E-state index contributed by atoms with van der Waals surface area (Å²) in [5.74, 6) is -0.573. The van der Waals surface area contributed by atoms with Crippen LogP contribution in [0.5, 0.6) is 0 Å². The van der Waals surface area contributed by atoms with Gasteiger partial charge in [0.25, 0.3) is 0 Å². The maximum absolute atomic E-state index is 13.4. The zero-order valence-electron chi connectivity index (χ0n) is 17.3. The quantitative estimate of drug-likeness (QED) is 0.723. The SMILES string of the molecule is CNCCc1c[nH]c2c1C(=O)C(C1=C3N=CC(CCN(C)C)=C3C(=O)C=C1)=CC2=O. The Bertz CT molecular complexity index is 1110. The van der Waals surface area contributed by atoms with Crippen LogP contribution in [0.1, 0.15) is 32.8 Å². The van der Waals surface area contributed by atoms with Crippen LogP contribution in [0.4, 0.5) is 0 Å². The van der Waals surface area contributed by atoms with Crippen LogP contribution >= 0.6 is 0 Å². The number of carbonyl (C=O) groups is 3. The predicted octanol–water partition coefficient (Wildman–Crippen LogP) is 1.81. The predicted molar refractivity (Wildman–Crippen MR) is 115 cm³/mol. The number of ketones is 3. The molecule has 1 aromatic heterocycles. The van der Waals surface area contributed by atoms with Gasteiger partial charge in [-0.25, -0.2) is 0 Å². The summed E-state index contributed by atoms with van der Waals surface area (Å²) in [7, 11) is 5.78. The number of aliphatic imine (C=N–C) groups is 1. The first-order chi connectivity index (χ1) is 14.4. The third-order valence-electron chi connectivity index (χ3n) is 5.53. The lowest BCUT2D eigenvalue weighted by Crippen LogP contribution is -2.21. The van der Waals surface area contributed by atoms with Crippen LogP contribution in [0, 0.1) is 0 Å². The number of hydrogen-bond acceptors (Lipinski definition) is 6. The summed E-state index contributed by atoms with van der Waals surface area (Å²) in [4.78, 5) is 48.1. The standard InChI is InChI=1S/C23H24N4O3/c1-24-8-6-13-11-26-22-18(29)10-16(23(30)20(13)22)15-4-5-17(28)19-14(7-9-27(2)3)12-25-21(15)19/h4-5,10-12,24,26H,6-9H2,1-3H3. The van der Waals surface area contributed by atoms with Gasteiger partial charge in [0.05, 0.1) is 22.5 Å². The number of rotatable bonds is 7. The second-order valence-corrected chi connectivity index (χ2v) is 7.84. The third-order valence-corrected chi connectivity index (χ3v) is 5.53. The highest BCUT2D eigenvalue weighted by Gasteiger charge is 2.35. The average Bonchev–Trinajstić information content (AvgIpc) is 3.33. The molecule has 0 atom stereocenters. The molecule has 7 heteroatoms. The van der Waals surface area contributed by atoms with Crippen LogP contribution in [0.2, 0.25) is 0 Å². The first-order valence-electron chi connectivity index (χ1n) is 9.97. The van der Waals surface area contributed by atoms with Crippen LogP contribution in [-0.4, -0.2) is 67.7 Å². The van der Waals surface area contributed by atoms with Gasteiger partial charge in [-0.1, -0.05) is 0 Å². The van der Waals surface area contributed by atoms with Crippen molar-refractivity contribution < 1.29 is 14.4 Å². The molecule has 3 aliphatic rings. The molecule has 2 heterocycles. The number of Topliss-reactive ketones (excluding diaryl/α,β-unsaturated/α-hetero) is 1. The second-order valence-electron chi connectivity index (χ2n) is 7.84. The number of fused-ring (bicyclic) bond motifs is 2. The van der Waals surface area contributed by atoms with Gasteiger partial charge in [-0.2, -0.15) is 0 Å². The Labute approximate surface area is 174 Å². The number of hydrogen-bond donors (Lipinski definition) is 2. The van der Waals surface area contributed by atoms with Crippen molar-refractivity contribution in [3.8, 4) is 0 Å². The van der Waals surface area contributed by atoms with Gasteiger partial charge in [0.1, 0.15) is 0 Å². The summed E-state index contributed by atoms with van der Waals surface area (Å²) in [6, 6.07) is 0. The molecular formula is C23H24N4O3. The highest BCUT2D eigenvalue weighted by atomic mass is 16.1. The van der Waals surface area contributed by atoms with Gasteiger partial charge in [-0.3, -0.25) is 19.4 Å². The largest absolute Gasteiger partial charge is 0.358 e. The van der Waals surface area contributed by atoms with E-state index < -0.39 is 0 Å². The lowest BCUT2D eigenvalue weighted by molar-refractivity contribution is -0.111. The molecule has 4 rings (SSSR count). The fourth-order valence-corrected chi connectivity index (χ4v) is 3.95. The maximum atomic E-state index is 13.4. The molecule has 0 aromatic carbocycles. The molecule has 1 aliphatic heterocycles. The van der Waals surface area contributed by atoms with Gasteiger partial charge < -0.3 is 15.2 Å². The summed E-state index contributed by atoms with van der Waals surface area (Å²) in [5, 5.41) is 3.06. The Balaban J connectivity index is 1.76. The number of aromatic amines is 1. The Morgan fingerprint density at radius 3 is 2.63 bits per heavy atom. The summed E-state index contributed by atoms with van der Waals surface area (Å²) in [6.45, 7) is 1.48. The second kappa shape index (κ2) is 7.93. The van der Waals surface area contributed by atoms with E-state index >= 15 is 0 Å². The van der Waals surface area contributed by atoms with Crippen LogP contribution in [0.15, 0.2) is 57.4 Å². The molecule has 30 heavy (non-hydrogen) atoms. The fraction of sp³-hybridized carbons (Fsp3) is 0.304. The van der Waals surface area contributed by atoms with Gasteiger partial charge in [0.15, 0.2) is 11.6 Å². The molecule has 7 nitrogen and oxygen atoms in total. The lowest BCUT2D eigenvalue weighted by Gasteiger charge is -2.19. The Kier molecular flexibility index (Phi) is 5.32. The Hall–Kier alpha value is -3.16. The van der Waals surface area contributed by atoms with Gasteiger partial charge in [0, 0.05) is 30.1 Å². The molecule has 154 valence electrons.